The number of carbonyl (C=O) groups excluding carboxylic acids is 1. The first-order valence-corrected chi connectivity index (χ1v) is 8.76. The molecule has 5 heteroatoms. The average molecular weight is 401 g/mol. The van der Waals surface area contributed by atoms with Gasteiger partial charge in [0.25, 0.3) is 0 Å². The molecule has 0 bridgehead atoms. The smallest absolute Gasteiger partial charge is 0.339 e. The zero-order valence-electron chi connectivity index (χ0n) is 14.0. The molecule has 25 heavy (non-hydrogen) atoms. The Labute approximate surface area is 153 Å². The molecule has 3 aromatic rings. The number of hydrogen-bond donors (Lipinski definition) is 0. The Hall–Kier alpha value is -2.40. The van der Waals surface area contributed by atoms with E-state index < -0.39 is 0 Å². The van der Waals surface area contributed by atoms with Gasteiger partial charge in [0.2, 0.25) is 0 Å². The molecule has 4 nitrogen and oxygen atoms in total. The maximum Gasteiger partial charge on any atom is 0.339 e. The fraction of sp³-hybridized carbons (Fsp3) is 0.200. The molecule has 0 spiro atoms. The molecule has 0 radical (unpaired) electrons. The van der Waals surface area contributed by atoms with Gasteiger partial charge in [0, 0.05) is 27.1 Å². The molecule has 0 saturated carbocycles. The van der Waals surface area contributed by atoms with E-state index >= 15 is 0 Å². The van der Waals surface area contributed by atoms with Crippen LogP contribution in [0.15, 0.2) is 56.1 Å². The van der Waals surface area contributed by atoms with Gasteiger partial charge >= 0.3 is 5.63 Å². The number of fused-ring (bicyclic) bond motifs is 1. The lowest BCUT2D eigenvalue weighted by Gasteiger charge is -2.09. The second-order valence-corrected chi connectivity index (χ2v) is 6.64. The summed E-state index contributed by atoms with van der Waals surface area (Å²) in [6.45, 7) is 3.76. The molecular formula is C20H17BrO4. The average Bonchev–Trinajstić information content (AvgIpc) is 2.60. The molecule has 2 aromatic carbocycles. The molecule has 0 atom stereocenters. The van der Waals surface area contributed by atoms with Crippen LogP contribution in [0.25, 0.3) is 11.0 Å². The summed E-state index contributed by atoms with van der Waals surface area (Å²) < 4.78 is 11.9. The largest absolute Gasteiger partial charge is 0.485 e. The molecule has 1 aromatic heterocycles. The third-order valence-corrected chi connectivity index (χ3v) is 4.68. The Morgan fingerprint density at radius 2 is 1.88 bits per heavy atom. The highest BCUT2D eigenvalue weighted by Gasteiger charge is 2.11. The molecule has 3 rings (SSSR count). The Morgan fingerprint density at radius 3 is 2.56 bits per heavy atom. The number of ketones is 1. The maximum atomic E-state index is 12.2. The minimum atomic E-state index is -0.324. The van der Waals surface area contributed by atoms with Crippen molar-refractivity contribution in [3.05, 3.63) is 74.0 Å². The molecule has 0 aliphatic rings. The second kappa shape index (κ2) is 7.23. The third kappa shape index (κ3) is 3.66. The van der Waals surface area contributed by atoms with Gasteiger partial charge in [0.05, 0.1) is 0 Å². The number of hydrogen-bond acceptors (Lipinski definition) is 4. The SMILES string of the molecule is CCc1c(C)c2ccc(OCC(=O)c3ccc(Br)cc3)cc2oc1=O. The number of rotatable bonds is 5. The summed E-state index contributed by atoms with van der Waals surface area (Å²) >= 11 is 3.34. The van der Waals surface area contributed by atoms with E-state index in [0.717, 1.165) is 15.4 Å². The van der Waals surface area contributed by atoms with Gasteiger partial charge in [-0.25, -0.2) is 4.79 Å². The first-order valence-electron chi connectivity index (χ1n) is 7.97. The number of carbonyl (C=O) groups is 1. The lowest BCUT2D eigenvalue weighted by atomic mass is 10.0. The zero-order chi connectivity index (χ0) is 18.0. The normalized spacial score (nSPS) is 10.8. The highest BCUT2D eigenvalue weighted by Crippen LogP contribution is 2.24. The van der Waals surface area contributed by atoms with E-state index in [2.05, 4.69) is 15.9 Å². The topological polar surface area (TPSA) is 56.5 Å². The molecule has 0 amide bonds. The van der Waals surface area contributed by atoms with Crippen LogP contribution in [0.1, 0.15) is 28.4 Å². The van der Waals surface area contributed by atoms with Gasteiger partial charge in [0.15, 0.2) is 12.4 Å². The minimum Gasteiger partial charge on any atom is -0.485 e. The van der Waals surface area contributed by atoms with Crippen molar-refractivity contribution in [3.8, 4) is 5.75 Å². The van der Waals surface area contributed by atoms with Gasteiger partial charge < -0.3 is 9.15 Å². The van der Waals surface area contributed by atoms with Crippen molar-refractivity contribution in [2.75, 3.05) is 6.61 Å². The van der Waals surface area contributed by atoms with Crippen LogP contribution in [0.3, 0.4) is 0 Å². The molecule has 0 fully saturated rings. The number of halogens is 1. The van der Waals surface area contributed by atoms with Crippen molar-refractivity contribution in [1.29, 1.82) is 0 Å². The van der Waals surface area contributed by atoms with E-state index in [4.69, 9.17) is 9.15 Å². The van der Waals surface area contributed by atoms with Crippen LogP contribution < -0.4 is 10.4 Å². The van der Waals surface area contributed by atoms with Crippen molar-refractivity contribution >= 4 is 32.7 Å². The van der Waals surface area contributed by atoms with E-state index in [1.165, 1.54) is 0 Å². The van der Waals surface area contributed by atoms with Crippen LogP contribution in [0.5, 0.6) is 5.75 Å². The summed E-state index contributed by atoms with van der Waals surface area (Å²) in [5.74, 6) is 0.372. The number of ether oxygens (including phenoxy) is 1. The first kappa shape index (κ1) is 17.4. The second-order valence-electron chi connectivity index (χ2n) is 5.72. The summed E-state index contributed by atoms with van der Waals surface area (Å²) in [5, 5.41) is 0.878. The lowest BCUT2D eigenvalue weighted by molar-refractivity contribution is 0.0921. The quantitative estimate of drug-likeness (QED) is 0.460. The standard InChI is InChI=1S/C20H17BrO4/c1-3-16-12(2)17-9-8-15(10-19(17)25-20(16)23)24-11-18(22)13-4-6-14(21)7-5-13/h4-10H,3,11H2,1-2H3. The minimum absolute atomic E-state index is 0.0800. The summed E-state index contributed by atoms with van der Waals surface area (Å²) in [6.07, 6.45) is 0.629. The fourth-order valence-corrected chi connectivity index (χ4v) is 3.01. The van der Waals surface area contributed by atoms with Gasteiger partial charge in [0.1, 0.15) is 11.3 Å². The van der Waals surface area contributed by atoms with Crippen LogP contribution in [0.4, 0.5) is 0 Å². The van der Waals surface area contributed by atoms with Crippen LogP contribution in [-0.2, 0) is 6.42 Å². The van der Waals surface area contributed by atoms with Crippen molar-refractivity contribution in [1.82, 2.24) is 0 Å². The molecule has 0 aliphatic carbocycles. The van der Waals surface area contributed by atoms with Crippen LogP contribution in [0.2, 0.25) is 0 Å². The molecule has 1 heterocycles. The molecule has 0 aliphatic heterocycles. The number of benzene rings is 2. The van der Waals surface area contributed by atoms with E-state index in [-0.39, 0.29) is 18.0 Å². The number of aryl methyl sites for hydroxylation is 1. The highest BCUT2D eigenvalue weighted by atomic mass is 79.9. The summed E-state index contributed by atoms with van der Waals surface area (Å²) in [7, 11) is 0. The number of Topliss-reactive ketones (excluding diaryl/α,β-unsaturated/α-hetero) is 1. The highest BCUT2D eigenvalue weighted by molar-refractivity contribution is 9.10. The van der Waals surface area contributed by atoms with Crippen LogP contribution in [0, 0.1) is 6.92 Å². The first-order chi connectivity index (χ1) is 12.0. The van der Waals surface area contributed by atoms with Crippen molar-refractivity contribution in [3.63, 3.8) is 0 Å². The summed E-state index contributed by atoms with van der Waals surface area (Å²) in [4.78, 5) is 24.2. The van der Waals surface area contributed by atoms with Gasteiger partial charge in [-0.1, -0.05) is 35.0 Å². The predicted molar refractivity (Wildman–Crippen MR) is 101 cm³/mol. The molecule has 0 N–H and O–H groups in total. The van der Waals surface area contributed by atoms with Gasteiger partial charge in [-0.2, -0.15) is 0 Å². The Bertz CT molecular complexity index is 987. The summed E-state index contributed by atoms with van der Waals surface area (Å²) in [5.41, 5.74) is 2.33. The van der Waals surface area contributed by atoms with Crippen molar-refractivity contribution in [2.24, 2.45) is 0 Å². The van der Waals surface area contributed by atoms with Gasteiger partial charge in [-0.15, -0.1) is 0 Å². The molecule has 0 saturated heterocycles. The molecular weight excluding hydrogens is 384 g/mol. The monoisotopic (exact) mass is 400 g/mol. The maximum absolute atomic E-state index is 12.2. The van der Waals surface area contributed by atoms with Crippen LogP contribution in [-0.4, -0.2) is 12.4 Å². The Balaban J connectivity index is 1.81. The van der Waals surface area contributed by atoms with Crippen molar-refractivity contribution in [2.45, 2.75) is 20.3 Å². The van der Waals surface area contributed by atoms with Crippen LogP contribution >= 0.6 is 15.9 Å². The van der Waals surface area contributed by atoms with E-state index in [0.29, 0.717) is 28.9 Å². The third-order valence-electron chi connectivity index (χ3n) is 4.15. The Kier molecular flexibility index (Phi) is 5.04. The predicted octanol–water partition coefficient (Wildman–Crippen LogP) is 4.69. The van der Waals surface area contributed by atoms with E-state index in [1.807, 2.05) is 32.0 Å². The zero-order valence-corrected chi connectivity index (χ0v) is 15.6. The van der Waals surface area contributed by atoms with Gasteiger partial charge in [-0.05, 0) is 43.2 Å². The summed E-state index contributed by atoms with van der Waals surface area (Å²) in [6, 6.07) is 12.4. The van der Waals surface area contributed by atoms with E-state index in [9.17, 15) is 9.59 Å². The van der Waals surface area contributed by atoms with Gasteiger partial charge in [-0.3, -0.25) is 4.79 Å². The lowest BCUT2D eigenvalue weighted by Crippen LogP contribution is -2.12. The van der Waals surface area contributed by atoms with Crippen molar-refractivity contribution < 1.29 is 13.9 Å². The van der Waals surface area contributed by atoms with E-state index in [1.54, 1.807) is 24.3 Å². The molecule has 0 unspecified atom stereocenters. The Morgan fingerprint density at radius 1 is 1.16 bits per heavy atom. The molecule has 128 valence electrons. The fourth-order valence-electron chi connectivity index (χ4n) is 2.74.